The summed E-state index contributed by atoms with van der Waals surface area (Å²) in [4.78, 5) is 22.7. The van der Waals surface area contributed by atoms with Crippen LogP contribution in [0, 0.1) is 11.8 Å². The van der Waals surface area contributed by atoms with Crippen molar-refractivity contribution in [2.75, 3.05) is 13.2 Å². The average molecular weight is 388 g/mol. The molecule has 7 atom stereocenters. The molecule has 1 heterocycles. The molecule has 0 radical (unpaired) electrons. The number of Topliss-reactive ketones (excluding diaryl/α,β-unsaturated/α-hetero) is 1. The van der Waals surface area contributed by atoms with E-state index in [2.05, 4.69) is 0 Å². The Morgan fingerprint density at radius 2 is 1.93 bits per heavy atom. The fourth-order valence-corrected chi connectivity index (χ4v) is 3.59. The molecule has 0 amide bonds. The highest BCUT2D eigenvalue weighted by Crippen LogP contribution is 2.34. The molecule has 2 fully saturated rings. The Bertz CT molecular complexity index is 533. The minimum Gasteiger partial charge on any atom is -0.481 e. The topological polar surface area (TPSA) is 154 Å². The van der Waals surface area contributed by atoms with Crippen molar-refractivity contribution in [3.8, 4) is 0 Å². The number of hydrogen-bond acceptors (Lipinski definition) is 8. The van der Waals surface area contributed by atoms with Crippen molar-refractivity contribution < 1.29 is 44.6 Å². The Morgan fingerprint density at radius 1 is 1.19 bits per heavy atom. The van der Waals surface area contributed by atoms with Crippen LogP contribution in [0.25, 0.3) is 0 Å². The summed E-state index contributed by atoms with van der Waals surface area (Å²) in [5.74, 6) is -1.17. The van der Waals surface area contributed by atoms with Gasteiger partial charge >= 0.3 is 5.97 Å². The van der Waals surface area contributed by atoms with E-state index >= 15 is 0 Å². The summed E-state index contributed by atoms with van der Waals surface area (Å²) < 4.78 is 10.6. The lowest BCUT2D eigenvalue weighted by Gasteiger charge is -2.39. The molecule has 1 saturated carbocycles. The predicted molar refractivity (Wildman–Crippen MR) is 91.6 cm³/mol. The lowest BCUT2D eigenvalue weighted by molar-refractivity contribution is -0.300. The van der Waals surface area contributed by atoms with Gasteiger partial charge in [-0.05, 0) is 25.2 Å². The first-order chi connectivity index (χ1) is 12.8. The fourth-order valence-electron chi connectivity index (χ4n) is 3.59. The second-order valence-electron chi connectivity index (χ2n) is 7.03. The number of carbonyl (C=O) groups excluding carboxylic acids is 1. The van der Waals surface area contributed by atoms with Crippen molar-refractivity contribution in [2.24, 2.45) is 11.8 Å². The number of allylic oxidation sites excluding steroid dienone is 1. The standard InChI is InChI=1S/C18H28O9/c19-9-13-15(23)16(24)17(25)18(27-13)26-7-3-1-2-4-11-10(8-14(21)22)5-6-12(11)20/h1-2,10-11,13,15-19,23-25H,3-9H2,(H,21,22)/b2-1+/t10-,11-,13?,15+,16?,17-,18+/m1/s1. The number of aliphatic hydroxyl groups is 4. The molecule has 0 aromatic carbocycles. The van der Waals surface area contributed by atoms with E-state index < -0.39 is 43.3 Å². The van der Waals surface area contributed by atoms with Gasteiger partial charge in [0, 0.05) is 18.8 Å². The van der Waals surface area contributed by atoms with Crippen LogP contribution in [0.1, 0.15) is 32.1 Å². The molecule has 2 unspecified atom stereocenters. The number of carboxylic acids is 1. The second kappa shape index (κ2) is 10.3. The predicted octanol–water partition coefficient (Wildman–Crippen LogP) is -0.791. The molecule has 1 aliphatic heterocycles. The van der Waals surface area contributed by atoms with Gasteiger partial charge in [0.2, 0.25) is 0 Å². The van der Waals surface area contributed by atoms with Crippen LogP contribution in [0.5, 0.6) is 0 Å². The first kappa shape index (κ1) is 21.9. The van der Waals surface area contributed by atoms with E-state index in [0.29, 0.717) is 25.7 Å². The molecule has 2 aliphatic rings. The fraction of sp³-hybridized carbons (Fsp3) is 0.778. The minimum atomic E-state index is -1.48. The summed E-state index contributed by atoms with van der Waals surface area (Å²) in [6, 6.07) is 0. The van der Waals surface area contributed by atoms with Crippen molar-refractivity contribution in [3.05, 3.63) is 12.2 Å². The maximum absolute atomic E-state index is 11.9. The SMILES string of the molecule is O=C(O)C[C@H]1CCC(=O)[C@@H]1C/C=C/CCO[C@H]1OC(CO)[C@H](O)C(O)[C@H]1O. The Hall–Kier alpha value is -1.36. The van der Waals surface area contributed by atoms with E-state index in [0.717, 1.165) is 0 Å². The monoisotopic (exact) mass is 388 g/mol. The molecule has 2 rings (SSSR count). The Balaban J connectivity index is 1.73. The van der Waals surface area contributed by atoms with E-state index in [-0.39, 0.29) is 30.6 Å². The Kier molecular flexibility index (Phi) is 8.33. The number of carboxylic acid groups (broad SMARTS) is 1. The molecule has 5 N–H and O–H groups in total. The van der Waals surface area contributed by atoms with Crippen molar-refractivity contribution in [3.63, 3.8) is 0 Å². The Morgan fingerprint density at radius 3 is 2.59 bits per heavy atom. The summed E-state index contributed by atoms with van der Waals surface area (Å²) in [6.07, 6.45) is -0.898. The van der Waals surface area contributed by atoms with Crippen LogP contribution in [-0.2, 0) is 19.1 Å². The van der Waals surface area contributed by atoms with E-state index in [9.17, 15) is 24.9 Å². The molecule has 27 heavy (non-hydrogen) atoms. The van der Waals surface area contributed by atoms with Gasteiger partial charge in [-0.2, -0.15) is 0 Å². The molecule has 1 aliphatic carbocycles. The lowest BCUT2D eigenvalue weighted by atomic mass is 9.89. The third-order valence-electron chi connectivity index (χ3n) is 5.15. The van der Waals surface area contributed by atoms with Gasteiger partial charge in [0.05, 0.1) is 13.2 Å². The number of ketones is 1. The van der Waals surface area contributed by atoms with Crippen LogP contribution >= 0.6 is 0 Å². The summed E-state index contributed by atoms with van der Waals surface area (Å²) >= 11 is 0. The van der Waals surface area contributed by atoms with Crippen molar-refractivity contribution in [1.29, 1.82) is 0 Å². The van der Waals surface area contributed by atoms with Crippen molar-refractivity contribution in [1.82, 2.24) is 0 Å². The zero-order valence-electron chi connectivity index (χ0n) is 15.0. The number of aliphatic hydroxyl groups excluding tert-OH is 4. The van der Waals surface area contributed by atoms with Crippen LogP contribution in [0.15, 0.2) is 12.2 Å². The van der Waals surface area contributed by atoms with Crippen LogP contribution in [-0.4, -0.2) is 81.2 Å². The van der Waals surface area contributed by atoms with Crippen LogP contribution in [0.4, 0.5) is 0 Å². The molecule has 0 aromatic rings. The largest absolute Gasteiger partial charge is 0.481 e. The number of carbonyl (C=O) groups is 2. The zero-order valence-corrected chi connectivity index (χ0v) is 15.0. The van der Waals surface area contributed by atoms with E-state index in [1.807, 2.05) is 6.08 Å². The maximum atomic E-state index is 11.9. The van der Waals surface area contributed by atoms with Gasteiger partial charge in [-0.1, -0.05) is 12.2 Å². The van der Waals surface area contributed by atoms with Gasteiger partial charge in [0.25, 0.3) is 0 Å². The van der Waals surface area contributed by atoms with E-state index in [1.165, 1.54) is 0 Å². The number of aliphatic carboxylic acids is 1. The number of ether oxygens (including phenoxy) is 2. The smallest absolute Gasteiger partial charge is 0.303 e. The highest BCUT2D eigenvalue weighted by Gasteiger charge is 2.43. The average Bonchev–Trinajstić information content (AvgIpc) is 2.96. The molecule has 0 aromatic heterocycles. The Labute approximate surface area is 157 Å². The molecule has 1 saturated heterocycles. The van der Waals surface area contributed by atoms with Gasteiger partial charge < -0.3 is 35.0 Å². The number of rotatable bonds is 9. The zero-order chi connectivity index (χ0) is 20.0. The van der Waals surface area contributed by atoms with Gasteiger partial charge in [0.15, 0.2) is 6.29 Å². The molecule has 154 valence electrons. The third kappa shape index (κ3) is 5.81. The molecule has 0 spiro atoms. The summed E-state index contributed by atoms with van der Waals surface area (Å²) in [5.41, 5.74) is 0. The first-order valence-electron chi connectivity index (χ1n) is 9.16. The highest BCUT2D eigenvalue weighted by atomic mass is 16.7. The first-order valence-corrected chi connectivity index (χ1v) is 9.16. The summed E-state index contributed by atoms with van der Waals surface area (Å²) in [5, 5.41) is 47.3. The van der Waals surface area contributed by atoms with Crippen LogP contribution in [0.3, 0.4) is 0 Å². The highest BCUT2D eigenvalue weighted by molar-refractivity contribution is 5.84. The van der Waals surface area contributed by atoms with Crippen LogP contribution < -0.4 is 0 Å². The maximum Gasteiger partial charge on any atom is 0.303 e. The van der Waals surface area contributed by atoms with Gasteiger partial charge in [-0.25, -0.2) is 0 Å². The summed E-state index contributed by atoms with van der Waals surface area (Å²) in [7, 11) is 0. The quantitative estimate of drug-likeness (QED) is 0.252. The lowest BCUT2D eigenvalue weighted by Crippen LogP contribution is -2.59. The minimum absolute atomic E-state index is 0.00443. The van der Waals surface area contributed by atoms with E-state index in [4.69, 9.17) is 19.7 Å². The van der Waals surface area contributed by atoms with Crippen LogP contribution in [0.2, 0.25) is 0 Å². The van der Waals surface area contributed by atoms with Gasteiger partial charge in [-0.3, -0.25) is 9.59 Å². The molecular formula is C18H28O9. The number of hydrogen-bond donors (Lipinski definition) is 5. The third-order valence-corrected chi connectivity index (χ3v) is 5.15. The molecule has 9 nitrogen and oxygen atoms in total. The molecule has 0 bridgehead atoms. The van der Waals surface area contributed by atoms with Gasteiger partial charge in [-0.15, -0.1) is 0 Å². The van der Waals surface area contributed by atoms with Gasteiger partial charge in [0.1, 0.15) is 30.2 Å². The van der Waals surface area contributed by atoms with Crippen molar-refractivity contribution >= 4 is 11.8 Å². The van der Waals surface area contributed by atoms with Crippen molar-refractivity contribution in [2.45, 2.75) is 62.8 Å². The second-order valence-corrected chi connectivity index (χ2v) is 7.03. The summed E-state index contributed by atoms with van der Waals surface area (Å²) in [6.45, 7) is -0.353. The molecule has 9 heteroatoms. The van der Waals surface area contributed by atoms with E-state index in [1.54, 1.807) is 6.08 Å². The normalized spacial score (nSPS) is 37.2. The molecular weight excluding hydrogens is 360 g/mol.